The number of thiocarbonyl (C=S) groups is 1. The lowest BCUT2D eigenvalue weighted by Crippen LogP contribution is -2.19. The number of hydrogen-bond acceptors (Lipinski definition) is 2. The number of carbonyl (C=O) groups excluding carboxylic acids is 1. The van der Waals surface area contributed by atoms with Gasteiger partial charge in [0.2, 0.25) is 0 Å². The molecule has 108 valence electrons. The highest BCUT2D eigenvalue weighted by molar-refractivity contribution is 7.80. The summed E-state index contributed by atoms with van der Waals surface area (Å²) in [7, 11) is 0. The Hall–Kier alpha value is -2.20. The number of amides is 1. The molecule has 3 nitrogen and oxygen atoms in total. The fourth-order valence-corrected chi connectivity index (χ4v) is 2.63. The van der Waals surface area contributed by atoms with Gasteiger partial charge in [-0.2, -0.15) is 0 Å². The number of nitrogens with two attached hydrogens (primary N) is 1. The van der Waals surface area contributed by atoms with Crippen molar-refractivity contribution in [2.45, 2.75) is 20.8 Å². The summed E-state index contributed by atoms with van der Waals surface area (Å²) in [4.78, 5) is 12.7. The van der Waals surface area contributed by atoms with Crippen LogP contribution in [0.2, 0.25) is 0 Å². The Morgan fingerprint density at radius 1 is 1.10 bits per heavy atom. The van der Waals surface area contributed by atoms with E-state index in [0.29, 0.717) is 16.8 Å². The van der Waals surface area contributed by atoms with Crippen LogP contribution in [0.5, 0.6) is 0 Å². The highest BCUT2D eigenvalue weighted by atomic mass is 32.1. The maximum Gasteiger partial charge on any atom is 0.255 e. The fourth-order valence-electron chi connectivity index (χ4n) is 2.36. The van der Waals surface area contributed by atoms with E-state index in [1.54, 1.807) is 0 Å². The lowest BCUT2D eigenvalue weighted by Gasteiger charge is -2.13. The van der Waals surface area contributed by atoms with Crippen molar-refractivity contribution in [1.82, 2.24) is 0 Å². The molecule has 3 N–H and O–H groups in total. The van der Waals surface area contributed by atoms with Gasteiger partial charge >= 0.3 is 0 Å². The van der Waals surface area contributed by atoms with Gasteiger partial charge in [-0.15, -0.1) is 0 Å². The van der Waals surface area contributed by atoms with Gasteiger partial charge in [-0.05, 0) is 44.0 Å². The smallest absolute Gasteiger partial charge is 0.255 e. The molecule has 0 atom stereocenters. The third kappa shape index (κ3) is 3.28. The third-order valence-corrected chi connectivity index (χ3v) is 3.60. The van der Waals surface area contributed by atoms with E-state index in [4.69, 9.17) is 18.0 Å². The highest BCUT2D eigenvalue weighted by Crippen LogP contribution is 2.21. The SMILES string of the molecule is Cc1ccc(C(=O)Nc2cccc(C)c2C(N)=S)c(C)c1. The number of hydrogen-bond donors (Lipinski definition) is 2. The maximum atomic E-state index is 12.4. The minimum atomic E-state index is -0.157. The van der Waals surface area contributed by atoms with Crippen molar-refractivity contribution in [2.75, 3.05) is 5.32 Å². The predicted octanol–water partition coefficient (Wildman–Crippen LogP) is 3.50. The zero-order chi connectivity index (χ0) is 15.6. The number of nitrogens with one attached hydrogen (secondary N) is 1. The first-order valence-electron chi connectivity index (χ1n) is 6.68. The Labute approximate surface area is 130 Å². The molecular formula is C17H18N2OS. The van der Waals surface area contributed by atoms with E-state index >= 15 is 0 Å². The first-order chi connectivity index (χ1) is 9.90. The van der Waals surface area contributed by atoms with Gasteiger partial charge in [0.15, 0.2) is 0 Å². The lowest BCUT2D eigenvalue weighted by atomic mass is 10.0. The zero-order valence-corrected chi connectivity index (χ0v) is 13.2. The van der Waals surface area contributed by atoms with Gasteiger partial charge in [-0.1, -0.05) is 42.0 Å². The van der Waals surface area contributed by atoms with Crippen LogP contribution < -0.4 is 11.1 Å². The van der Waals surface area contributed by atoms with Gasteiger partial charge in [0.05, 0.1) is 5.69 Å². The molecule has 0 aliphatic carbocycles. The molecule has 0 fully saturated rings. The third-order valence-electron chi connectivity index (χ3n) is 3.39. The fraction of sp³-hybridized carbons (Fsp3) is 0.176. The van der Waals surface area contributed by atoms with E-state index in [-0.39, 0.29) is 10.9 Å². The standard InChI is InChI=1S/C17H18N2OS/c1-10-7-8-13(12(3)9-10)17(20)19-14-6-4-5-11(2)15(14)16(18)21/h4-9H,1-3H3,(H2,18,21)(H,19,20). The minimum Gasteiger partial charge on any atom is -0.389 e. The summed E-state index contributed by atoms with van der Waals surface area (Å²) in [6.45, 7) is 5.84. The number of carbonyl (C=O) groups is 1. The molecule has 2 aromatic carbocycles. The van der Waals surface area contributed by atoms with Crippen molar-refractivity contribution in [3.05, 3.63) is 64.2 Å². The molecule has 0 saturated carbocycles. The summed E-state index contributed by atoms with van der Waals surface area (Å²) in [5.41, 5.74) is 10.8. The Balaban J connectivity index is 2.36. The molecule has 0 bridgehead atoms. The van der Waals surface area contributed by atoms with Crippen LogP contribution in [0.4, 0.5) is 5.69 Å². The molecule has 0 spiro atoms. The number of rotatable bonds is 3. The molecule has 0 radical (unpaired) electrons. The van der Waals surface area contributed by atoms with E-state index < -0.39 is 0 Å². The second-order valence-corrected chi connectivity index (χ2v) is 5.57. The van der Waals surface area contributed by atoms with E-state index in [9.17, 15) is 4.79 Å². The quantitative estimate of drug-likeness (QED) is 0.853. The Morgan fingerprint density at radius 2 is 1.81 bits per heavy atom. The van der Waals surface area contributed by atoms with E-state index in [1.807, 2.05) is 57.2 Å². The van der Waals surface area contributed by atoms with Gasteiger partial charge in [0, 0.05) is 11.1 Å². The van der Waals surface area contributed by atoms with E-state index in [0.717, 1.165) is 16.7 Å². The Kier molecular flexibility index (Phi) is 4.38. The summed E-state index contributed by atoms with van der Waals surface area (Å²) in [6.07, 6.45) is 0. The van der Waals surface area contributed by atoms with E-state index in [2.05, 4.69) is 5.32 Å². The van der Waals surface area contributed by atoms with Crippen LogP contribution in [-0.4, -0.2) is 10.9 Å². The lowest BCUT2D eigenvalue weighted by molar-refractivity contribution is 0.102. The van der Waals surface area contributed by atoms with Crippen molar-refractivity contribution in [3.8, 4) is 0 Å². The molecule has 1 amide bonds. The Bertz CT molecular complexity index is 723. The molecule has 4 heteroatoms. The molecule has 0 saturated heterocycles. The highest BCUT2D eigenvalue weighted by Gasteiger charge is 2.13. The number of benzene rings is 2. The van der Waals surface area contributed by atoms with Crippen LogP contribution in [0.1, 0.15) is 32.6 Å². The maximum absolute atomic E-state index is 12.4. The number of anilines is 1. The normalized spacial score (nSPS) is 10.2. The Morgan fingerprint density at radius 3 is 2.43 bits per heavy atom. The summed E-state index contributed by atoms with van der Waals surface area (Å²) >= 11 is 5.08. The average Bonchev–Trinajstić information content (AvgIpc) is 2.37. The van der Waals surface area contributed by atoms with Crippen LogP contribution in [0.15, 0.2) is 36.4 Å². The second-order valence-electron chi connectivity index (χ2n) is 5.13. The van der Waals surface area contributed by atoms with Gasteiger partial charge in [0.1, 0.15) is 4.99 Å². The van der Waals surface area contributed by atoms with Gasteiger partial charge in [-0.3, -0.25) is 4.79 Å². The van der Waals surface area contributed by atoms with Crippen molar-refractivity contribution < 1.29 is 4.79 Å². The summed E-state index contributed by atoms with van der Waals surface area (Å²) in [5, 5.41) is 2.90. The van der Waals surface area contributed by atoms with Crippen molar-refractivity contribution in [3.63, 3.8) is 0 Å². The van der Waals surface area contributed by atoms with Crippen LogP contribution in [0.3, 0.4) is 0 Å². The predicted molar refractivity (Wildman–Crippen MR) is 90.9 cm³/mol. The number of aryl methyl sites for hydroxylation is 3. The molecule has 0 aliphatic heterocycles. The topological polar surface area (TPSA) is 55.1 Å². The second kappa shape index (κ2) is 6.06. The van der Waals surface area contributed by atoms with Gasteiger partial charge < -0.3 is 11.1 Å². The monoisotopic (exact) mass is 298 g/mol. The van der Waals surface area contributed by atoms with Crippen LogP contribution in [0, 0.1) is 20.8 Å². The van der Waals surface area contributed by atoms with Crippen molar-refractivity contribution in [2.24, 2.45) is 5.73 Å². The van der Waals surface area contributed by atoms with Crippen molar-refractivity contribution in [1.29, 1.82) is 0 Å². The average molecular weight is 298 g/mol. The first-order valence-corrected chi connectivity index (χ1v) is 7.09. The van der Waals surface area contributed by atoms with Gasteiger partial charge in [0.25, 0.3) is 5.91 Å². The van der Waals surface area contributed by atoms with Gasteiger partial charge in [-0.25, -0.2) is 0 Å². The van der Waals surface area contributed by atoms with Crippen LogP contribution >= 0.6 is 12.2 Å². The summed E-state index contributed by atoms with van der Waals surface area (Å²) in [5.74, 6) is -0.157. The summed E-state index contributed by atoms with van der Waals surface area (Å²) < 4.78 is 0. The molecular weight excluding hydrogens is 280 g/mol. The minimum absolute atomic E-state index is 0.157. The first kappa shape index (κ1) is 15.2. The zero-order valence-electron chi connectivity index (χ0n) is 12.4. The summed E-state index contributed by atoms with van der Waals surface area (Å²) in [6, 6.07) is 11.3. The van der Waals surface area contributed by atoms with E-state index in [1.165, 1.54) is 0 Å². The van der Waals surface area contributed by atoms with Crippen LogP contribution in [0.25, 0.3) is 0 Å². The molecule has 0 aromatic heterocycles. The largest absolute Gasteiger partial charge is 0.389 e. The molecule has 0 heterocycles. The molecule has 2 aromatic rings. The molecule has 0 unspecified atom stereocenters. The molecule has 0 aliphatic rings. The van der Waals surface area contributed by atoms with Crippen LogP contribution in [-0.2, 0) is 0 Å². The molecule has 2 rings (SSSR count). The van der Waals surface area contributed by atoms with Crippen molar-refractivity contribution >= 4 is 28.8 Å². The molecule has 21 heavy (non-hydrogen) atoms.